The number of hydrogen-bond donors (Lipinski definition) is 0. The Morgan fingerprint density at radius 2 is 1.56 bits per heavy atom. The van der Waals surface area contributed by atoms with Gasteiger partial charge in [0.1, 0.15) is 5.82 Å². The average molecular weight is 456 g/mol. The molecule has 1 atom stereocenters. The second kappa shape index (κ2) is 9.72. The summed E-state index contributed by atoms with van der Waals surface area (Å²) in [5.74, 6) is 0.0498. The third-order valence-corrected chi connectivity index (χ3v) is 6.94. The number of para-hydroxylation sites is 2. The fourth-order valence-electron chi connectivity index (χ4n) is 5.13. The van der Waals surface area contributed by atoms with Crippen molar-refractivity contribution in [2.24, 2.45) is 7.05 Å². The second-order valence-electron chi connectivity index (χ2n) is 9.12. The number of fused-ring (bicyclic) bond motifs is 1. The zero-order valence-electron chi connectivity index (χ0n) is 19.5. The number of hydrogen-bond acceptors (Lipinski definition) is 2. The number of carbonyl (C=O) groups excluding carboxylic acids is 1. The van der Waals surface area contributed by atoms with E-state index in [9.17, 15) is 9.18 Å². The van der Waals surface area contributed by atoms with Gasteiger partial charge in [-0.25, -0.2) is 4.39 Å². The molecule has 5 rings (SSSR count). The van der Waals surface area contributed by atoms with Crippen molar-refractivity contribution >= 4 is 22.5 Å². The minimum absolute atomic E-state index is 0.0885. The van der Waals surface area contributed by atoms with Crippen LogP contribution in [0.15, 0.2) is 85.1 Å². The van der Waals surface area contributed by atoms with Gasteiger partial charge >= 0.3 is 0 Å². The molecule has 3 aromatic carbocycles. The van der Waals surface area contributed by atoms with Crippen LogP contribution in [0.5, 0.6) is 0 Å². The van der Waals surface area contributed by atoms with E-state index in [1.807, 2.05) is 28.0 Å². The number of carbonyl (C=O) groups is 1. The Kier molecular flexibility index (Phi) is 6.35. The van der Waals surface area contributed by atoms with Gasteiger partial charge in [0.15, 0.2) is 0 Å². The Hall–Kier alpha value is -3.60. The van der Waals surface area contributed by atoms with Gasteiger partial charge in [-0.2, -0.15) is 0 Å². The SMILES string of the molecule is Cn1cc(C(CC(=O)N2CCN(c3ccccc3F)CC2)Cc2ccccc2)c2ccccc21. The molecule has 1 fully saturated rings. The van der Waals surface area contributed by atoms with E-state index in [0.29, 0.717) is 38.3 Å². The van der Waals surface area contributed by atoms with Gasteiger partial charge in [-0.15, -0.1) is 0 Å². The van der Waals surface area contributed by atoms with Crippen LogP contribution in [0.25, 0.3) is 10.9 Å². The molecule has 0 bridgehead atoms. The summed E-state index contributed by atoms with van der Waals surface area (Å²) in [5.41, 5.74) is 4.26. The Morgan fingerprint density at radius 3 is 2.32 bits per heavy atom. The van der Waals surface area contributed by atoms with Crippen LogP contribution in [-0.4, -0.2) is 41.6 Å². The summed E-state index contributed by atoms with van der Waals surface area (Å²) < 4.78 is 16.4. The molecule has 1 aliphatic rings. The molecule has 1 amide bonds. The van der Waals surface area contributed by atoms with E-state index in [-0.39, 0.29) is 17.6 Å². The van der Waals surface area contributed by atoms with Crippen LogP contribution in [0.4, 0.5) is 10.1 Å². The number of halogens is 1. The highest BCUT2D eigenvalue weighted by Gasteiger charge is 2.27. The molecular formula is C29H30FN3O. The molecule has 0 radical (unpaired) electrons. The van der Waals surface area contributed by atoms with Crippen LogP contribution in [0.2, 0.25) is 0 Å². The van der Waals surface area contributed by atoms with Crippen molar-refractivity contribution < 1.29 is 9.18 Å². The lowest BCUT2D eigenvalue weighted by Crippen LogP contribution is -2.49. The van der Waals surface area contributed by atoms with Gasteiger partial charge in [0.25, 0.3) is 0 Å². The lowest BCUT2D eigenvalue weighted by Gasteiger charge is -2.36. The summed E-state index contributed by atoms with van der Waals surface area (Å²) in [6.45, 7) is 2.51. The van der Waals surface area contributed by atoms with Crippen molar-refractivity contribution in [2.75, 3.05) is 31.1 Å². The highest BCUT2D eigenvalue weighted by molar-refractivity contribution is 5.86. The number of rotatable bonds is 6. The molecule has 5 heteroatoms. The topological polar surface area (TPSA) is 28.5 Å². The van der Waals surface area contributed by atoms with Crippen molar-refractivity contribution in [3.63, 3.8) is 0 Å². The smallest absolute Gasteiger partial charge is 0.223 e. The molecule has 0 saturated carbocycles. The number of benzene rings is 3. The Bertz CT molecular complexity index is 1280. The summed E-state index contributed by atoms with van der Waals surface area (Å²) in [5, 5.41) is 1.21. The van der Waals surface area contributed by atoms with E-state index in [2.05, 4.69) is 66.3 Å². The number of aryl methyl sites for hydroxylation is 1. The summed E-state index contributed by atoms with van der Waals surface area (Å²) in [7, 11) is 2.06. The molecule has 1 unspecified atom stereocenters. The van der Waals surface area contributed by atoms with Crippen molar-refractivity contribution in [2.45, 2.75) is 18.8 Å². The van der Waals surface area contributed by atoms with Gasteiger partial charge in [0.2, 0.25) is 5.91 Å². The monoisotopic (exact) mass is 455 g/mol. The van der Waals surface area contributed by atoms with Gasteiger partial charge in [0, 0.05) is 56.7 Å². The van der Waals surface area contributed by atoms with Crippen LogP contribution in [0, 0.1) is 5.82 Å². The van der Waals surface area contributed by atoms with E-state index < -0.39 is 0 Å². The lowest BCUT2D eigenvalue weighted by molar-refractivity contribution is -0.131. The minimum Gasteiger partial charge on any atom is -0.366 e. The largest absolute Gasteiger partial charge is 0.366 e. The van der Waals surface area contributed by atoms with Crippen molar-refractivity contribution in [3.8, 4) is 0 Å². The van der Waals surface area contributed by atoms with E-state index in [1.165, 1.54) is 28.1 Å². The minimum atomic E-state index is -0.207. The van der Waals surface area contributed by atoms with E-state index in [0.717, 1.165) is 6.42 Å². The molecule has 174 valence electrons. The van der Waals surface area contributed by atoms with Crippen LogP contribution in [0.3, 0.4) is 0 Å². The number of amides is 1. The maximum atomic E-state index is 14.2. The zero-order valence-corrected chi connectivity index (χ0v) is 19.5. The third kappa shape index (κ3) is 4.56. The first-order chi connectivity index (χ1) is 16.6. The lowest BCUT2D eigenvalue weighted by atomic mass is 9.88. The van der Waals surface area contributed by atoms with E-state index in [1.54, 1.807) is 6.07 Å². The van der Waals surface area contributed by atoms with Crippen molar-refractivity contribution in [1.82, 2.24) is 9.47 Å². The first-order valence-corrected chi connectivity index (χ1v) is 12.0. The maximum absolute atomic E-state index is 14.2. The molecule has 34 heavy (non-hydrogen) atoms. The van der Waals surface area contributed by atoms with Gasteiger partial charge in [-0.3, -0.25) is 4.79 Å². The van der Waals surface area contributed by atoms with E-state index >= 15 is 0 Å². The first kappa shape index (κ1) is 22.2. The second-order valence-corrected chi connectivity index (χ2v) is 9.12. The Balaban J connectivity index is 1.34. The number of piperazine rings is 1. The highest BCUT2D eigenvalue weighted by atomic mass is 19.1. The van der Waals surface area contributed by atoms with E-state index in [4.69, 9.17) is 0 Å². The number of nitrogens with zero attached hydrogens (tertiary/aromatic N) is 3. The summed E-state index contributed by atoms with van der Waals surface area (Å²) in [4.78, 5) is 17.4. The third-order valence-electron chi connectivity index (χ3n) is 6.94. The van der Waals surface area contributed by atoms with Crippen LogP contribution < -0.4 is 4.90 Å². The first-order valence-electron chi connectivity index (χ1n) is 12.0. The van der Waals surface area contributed by atoms with Crippen LogP contribution in [0.1, 0.15) is 23.5 Å². The van der Waals surface area contributed by atoms with Crippen LogP contribution >= 0.6 is 0 Å². The molecule has 1 aliphatic heterocycles. The molecule has 0 aliphatic carbocycles. The molecule has 4 aromatic rings. The molecule has 1 aromatic heterocycles. The molecule has 4 nitrogen and oxygen atoms in total. The molecule has 0 N–H and O–H groups in total. The fraction of sp³-hybridized carbons (Fsp3) is 0.276. The quantitative estimate of drug-likeness (QED) is 0.390. The van der Waals surface area contributed by atoms with Gasteiger partial charge in [-0.1, -0.05) is 60.7 Å². The van der Waals surface area contributed by atoms with Gasteiger partial charge in [-0.05, 0) is 41.7 Å². The van der Waals surface area contributed by atoms with Gasteiger partial charge in [0.05, 0.1) is 5.69 Å². The average Bonchev–Trinajstić information content (AvgIpc) is 3.21. The molecule has 1 saturated heterocycles. The highest BCUT2D eigenvalue weighted by Crippen LogP contribution is 2.33. The molecule has 2 heterocycles. The summed E-state index contributed by atoms with van der Waals surface area (Å²) in [6.07, 6.45) is 3.46. The predicted octanol–water partition coefficient (Wildman–Crippen LogP) is 5.38. The number of aromatic nitrogens is 1. The van der Waals surface area contributed by atoms with Crippen molar-refractivity contribution in [3.05, 3.63) is 102 Å². The Morgan fingerprint density at radius 1 is 0.882 bits per heavy atom. The maximum Gasteiger partial charge on any atom is 0.223 e. The van der Waals surface area contributed by atoms with Crippen LogP contribution in [-0.2, 0) is 18.3 Å². The fourth-order valence-corrected chi connectivity index (χ4v) is 5.13. The standard InChI is InChI=1S/C29H30FN3O/c1-31-21-25(24-11-5-7-13-27(24)31)23(19-22-9-3-2-4-10-22)20-29(34)33-17-15-32(16-18-33)28-14-8-6-12-26(28)30/h2-14,21,23H,15-20H2,1H3. The van der Waals surface area contributed by atoms with Gasteiger partial charge < -0.3 is 14.4 Å². The molecule has 0 spiro atoms. The van der Waals surface area contributed by atoms with Crippen molar-refractivity contribution in [1.29, 1.82) is 0 Å². The molecular weight excluding hydrogens is 425 g/mol. The number of anilines is 1. The summed E-state index contributed by atoms with van der Waals surface area (Å²) >= 11 is 0. The summed E-state index contributed by atoms with van der Waals surface area (Å²) in [6, 6.07) is 25.7. The zero-order chi connectivity index (χ0) is 23.5. The normalized spacial score (nSPS) is 15.0. The Labute approximate surface area is 200 Å². The predicted molar refractivity (Wildman–Crippen MR) is 136 cm³/mol.